The van der Waals surface area contributed by atoms with E-state index in [0.717, 1.165) is 4.47 Å². The molecule has 0 saturated carbocycles. The van der Waals surface area contributed by atoms with Gasteiger partial charge in [0.2, 0.25) is 0 Å². The molecule has 0 radical (unpaired) electrons. The molecule has 2 rings (SSSR count). The van der Waals surface area contributed by atoms with E-state index in [2.05, 4.69) is 21.2 Å². The number of carbonyl (C=O) groups excluding carboxylic acids is 1. The van der Waals surface area contributed by atoms with E-state index in [1.54, 1.807) is 39.0 Å². The molecule has 21 heavy (non-hydrogen) atoms. The molecular formula is C15H16BrNO4. The van der Waals surface area contributed by atoms with Crippen LogP contribution in [0.4, 0.5) is 4.79 Å². The quantitative estimate of drug-likeness (QED) is 0.895. The van der Waals surface area contributed by atoms with Crippen LogP contribution in [0.3, 0.4) is 0 Å². The predicted molar refractivity (Wildman–Crippen MR) is 83.3 cm³/mol. The van der Waals surface area contributed by atoms with Crippen molar-refractivity contribution in [3.63, 3.8) is 0 Å². The van der Waals surface area contributed by atoms with Gasteiger partial charge in [-0.3, -0.25) is 4.79 Å². The summed E-state index contributed by atoms with van der Waals surface area (Å²) in [6.07, 6.45) is -0.556. The first-order valence-corrected chi connectivity index (χ1v) is 7.23. The molecule has 0 fully saturated rings. The number of alkyl carbamates (subject to hydrolysis) is 1. The summed E-state index contributed by atoms with van der Waals surface area (Å²) in [4.78, 5) is 23.5. The van der Waals surface area contributed by atoms with E-state index in [-0.39, 0.29) is 12.0 Å². The molecule has 0 aliphatic carbocycles. The van der Waals surface area contributed by atoms with Crippen molar-refractivity contribution in [3.8, 4) is 0 Å². The summed E-state index contributed by atoms with van der Waals surface area (Å²) in [5, 5.41) is 3.06. The average molecular weight is 354 g/mol. The van der Waals surface area contributed by atoms with Gasteiger partial charge in [0.1, 0.15) is 16.9 Å². The van der Waals surface area contributed by atoms with Gasteiger partial charge >= 0.3 is 6.09 Å². The molecule has 0 atom stereocenters. The molecule has 1 aromatic heterocycles. The Morgan fingerprint density at radius 2 is 2.05 bits per heavy atom. The SMILES string of the molecule is CC(C)(C)OC(=O)NCc1cc(=O)c2ccc(Br)cc2o1. The first kappa shape index (κ1) is 15.6. The monoisotopic (exact) mass is 353 g/mol. The van der Waals surface area contributed by atoms with E-state index in [1.807, 2.05) is 0 Å². The van der Waals surface area contributed by atoms with Gasteiger partial charge < -0.3 is 14.5 Å². The molecule has 0 spiro atoms. The number of fused-ring (bicyclic) bond motifs is 1. The van der Waals surface area contributed by atoms with Crippen molar-refractivity contribution in [2.45, 2.75) is 32.9 Å². The number of benzene rings is 1. The highest BCUT2D eigenvalue weighted by atomic mass is 79.9. The number of hydrogen-bond donors (Lipinski definition) is 1. The fourth-order valence-electron chi connectivity index (χ4n) is 1.74. The second-order valence-corrected chi connectivity index (χ2v) is 6.49. The van der Waals surface area contributed by atoms with Crippen molar-refractivity contribution >= 4 is 33.0 Å². The van der Waals surface area contributed by atoms with Crippen LogP contribution in [0.2, 0.25) is 0 Å². The first-order chi connectivity index (χ1) is 9.74. The van der Waals surface area contributed by atoms with E-state index >= 15 is 0 Å². The largest absolute Gasteiger partial charge is 0.459 e. The van der Waals surface area contributed by atoms with Crippen LogP contribution in [0.1, 0.15) is 26.5 Å². The van der Waals surface area contributed by atoms with Crippen LogP contribution in [-0.4, -0.2) is 11.7 Å². The minimum Gasteiger partial charge on any atom is -0.459 e. The average Bonchev–Trinajstić information content (AvgIpc) is 2.33. The molecule has 2 aromatic rings. The molecule has 0 unspecified atom stereocenters. The van der Waals surface area contributed by atoms with Gasteiger partial charge in [0.15, 0.2) is 5.43 Å². The van der Waals surface area contributed by atoms with Gasteiger partial charge in [-0.05, 0) is 39.0 Å². The predicted octanol–water partition coefficient (Wildman–Crippen LogP) is 3.58. The van der Waals surface area contributed by atoms with E-state index in [4.69, 9.17) is 9.15 Å². The molecule has 1 N–H and O–H groups in total. The third kappa shape index (κ3) is 4.32. The lowest BCUT2D eigenvalue weighted by Gasteiger charge is -2.19. The van der Waals surface area contributed by atoms with Gasteiger partial charge in [0, 0.05) is 10.5 Å². The molecule has 6 heteroatoms. The van der Waals surface area contributed by atoms with E-state index < -0.39 is 11.7 Å². The summed E-state index contributed by atoms with van der Waals surface area (Å²) in [6.45, 7) is 5.42. The summed E-state index contributed by atoms with van der Waals surface area (Å²) < 4.78 is 11.5. The third-order valence-electron chi connectivity index (χ3n) is 2.55. The Kier molecular flexibility index (Phi) is 4.37. The van der Waals surface area contributed by atoms with Gasteiger partial charge in [0.05, 0.1) is 11.9 Å². The Morgan fingerprint density at radius 1 is 1.33 bits per heavy atom. The fraction of sp³-hybridized carbons (Fsp3) is 0.333. The minimum absolute atomic E-state index is 0.0899. The smallest absolute Gasteiger partial charge is 0.408 e. The molecule has 0 aliphatic rings. The summed E-state index contributed by atoms with van der Waals surface area (Å²) in [7, 11) is 0. The lowest BCUT2D eigenvalue weighted by Crippen LogP contribution is -2.32. The van der Waals surface area contributed by atoms with E-state index in [9.17, 15) is 9.59 Å². The van der Waals surface area contributed by atoms with Gasteiger partial charge in [-0.2, -0.15) is 0 Å². The summed E-state index contributed by atoms with van der Waals surface area (Å²) in [5.41, 5.74) is -0.248. The maximum atomic E-state index is 12.0. The zero-order valence-electron chi connectivity index (χ0n) is 12.0. The van der Waals surface area contributed by atoms with Gasteiger partial charge in [-0.15, -0.1) is 0 Å². The highest BCUT2D eigenvalue weighted by Crippen LogP contribution is 2.18. The maximum Gasteiger partial charge on any atom is 0.408 e. The zero-order valence-corrected chi connectivity index (χ0v) is 13.6. The zero-order chi connectivity index (χ0) is 15.6. The van der Waals surface area contributed by atoms with Crippen LogP contribution in [0.25, 0.3) is 11.0 Å². The van der Waals surface area contributed by atoms with Crippen LogP contribution in [0.5, 0.6) is 0 Å². The third-order valence-corrected chi connectivity index (χ3v) is 3.04. The summed E-state index contributed by atoms with van der Waals surface area (Å²) >= 11 is 3.32. The Balaban J connectivity index is 2.16. The molecule has 112 valence electrons. The number of ether oxygens (including phenoxy) is 1. The van der Waals surface area contributed by atoms with E-state index in [1.165, 1.54) is 6.07 Å². The Labute approximate surface area is 130 Å². The van der Waals surface area contributed by atoms with Crippen molar-refractivity contribution in [1.29, 1.82) is 0 Å². The molecule has 5 nitrogen and oxygen atoms in total. The van der Waals surface area contributed by atoms with Crippen molar-refractivity contribution in [1.82, 2.24) is 5.32 Å². The highest BCUT2D eigenvalue weighted by molar-refractivity contribution is 9.10. The number of nitrogens with one attached hydrogen (secondary N) is 1. The molecule has 1 aromatic carbocycles. The molecule has 0 aliphatic heterocycles. The highest BCUT2D eigenvalue weighted by Gasteiger charge is 2.16. The van der Waals surface area contributed by atoms with Crippen LogP contribution >= 0.6 is 15.9 Å². The Bertz CT molecular complexity index is 731. The molecule has 0 saturated heterocycles. The lowest BCUT2D eigenvalue weighted by molar-refractivity contribution is 0.0520. The van der Waals surface area contributed by atoms with Crippen LogP contribution in [-0.2, 0) is 11.3 Å². The number of carbonyl (C=O) groups is 1. The van der Waals surface area contributed by atoms with Crippen molar-refractivity contribution in [2.75, 3.05) is 0 Å². The number of hydrogen-bond acceptors (Lipinski definition) is 4. The van der Waals surface area contributed by atoms with Crippen molar-refractivity contribution in [2.24, 2.45) is 0 Å². The number of amides is 1. The minimum atomic E-state index is -0.570. The second-order valence-electron chi connectivity index (χ2n) is 5.57. The maximum absolute atomic E-state index is 12.0. The van der Waals surface area contributed by atoms with Gasteiger partial charge in [-0.1, -0.05) is 15.9 Å². The van der Waals surface area contributed by atoms with Crippen molar-refractivity contribution in [3.05, 3.63) is 44.7 Å². The van der Waals surface area contributed by atoms with Gasteiger partial charge in [0.25, 0.3) is 0 Å². The number of halogens is 1. The summed E-state index contributed by atoms with van der Waals surface area (Å²) in [6, 6.07) is 6.55. The van der Waals surface area contributed by atoms with Crippen LogP contribution in [0, 0.1) is 0 Å². The first-order valence-electron chi connectivity index (χ1n) is 6.44. The second kappa shape index (κ2) is 5.89. The molecular weight excluding hydrogens is 338 g/mol. The van der Waals surface area contributed by atoms with Crippen LogP contribution < -0.4 is 10.7 Å². The molecule has 1 amide bonds. The Hall–Kier alpha value is -1.82. The standard InChI is InChI=1S/C15H16BrNO4/c1-15(2,3)21-14(19)17-8-10-7-12(18)11-5-4-9(16)6-13(11)20-10/h4-7H,8H2,1-3H3,(H,17,19). The summed E-state index contributed by atoms with van der Waals surface area (Å²) in [5.74, 6) is 0.372. The number of rotatable bonds is 2. The molecule has 1 heterocycles. The van der Waals surface area contributed by atoms with Gasteiger partial charge in [-0.25, -0.2) is 4.79 Å². The lowest BCUT2D eigenvalue weighted by atomic mass is 10.2. The Morgan fingerprint density at radius 3 is 2.71 bits per heavy atom. The molecule has 0 bridgehead atoms. The van der Waals surface area contributed by atoms with E-state index in [0.29, 0.717) is 16.7 Å². The topological polar surface area (TPSA) is 68.5 Å². The normalized spacial score (nSPS) is 11.4. The van der Waals surface area contributed by atoms with Crippen molar-refractivity contribution < 1.29 is 13.9 Å². The van der Waals surface area contributed by atoms with Crippen LogP contribution in [0.15, 0.2) is 37.9 Å². The fourth-order valence-corrected chi connectivity index (χ4v) is 2.08.